The molecular formula is C19H23ClN4O. The number of hydrogen-bond acceptors (Lipinski definition) is 3. The molecule has 4 rings (SSSR count). The van der Waals surface area contributed by atoms with Crippen molar-refractivity contribution in [2.75, 3.05) is 20.1 Å². The van der Waals surface area contributed by atoms with E-state index in [0.29, 0.717) is 11.6 Å². The van der Waals surface area contributed by atoms with Crippen molar-refractivity contribution in [3.05, 3.63) is 40.5 Å². The fourth-order valence-electron chi connectivity index (χ4n) is 3.93. The van der Waals surface area contributed by atoms with Gasteiger partial charge in [0.05, 0.1) is 11.7 Å². The number of aromatic nitrogens is 2. The van der Waals surface area contributed by atoms with Crippen LogP contribution in [-0.2, 0) is 17.8 Å². The van der Waals surface area contributed by atoms with Gasteiger partial charge in [0.1, 0.15) is 0 Å². The van der Waals surface area contributed by atoms with Crippen molar-refractivity contribution >= 4 is 17.5 Å². The summed E-state index contributed by atoms with van der Waals surface area (Å²) in [5.41, 5.74) is 4.25. The molecule has 2 aliphatic heterocycles. The molecule has 2 aliphatic rings. The fourth-order valence-corrected chi connectivity index (χ4v) is 4.05. The van der Waals surface area contributed by atoms with Gasteiger partial charge in [-0.25, -0.2) is 0 Å². The van der Waals surface area contributed by atoms with E-state index in [-0.39, 0.29) is 11.9 Å². The third-order valence-corrected chi connectivity index (χ3v) is 5.67. The standard InChI is InChI=1S/C19H23ClN4O/c1-23-10-3-2-4-17(23)19(25)24-11-9-16-15(12-24)18(22-21-16)13-5-7-14(20)8-6-13/h5-8,17H,2-4,9-12H2,1H3,(H,21,22). The average Bonchev–Trinajstić information content (AvgIpc) is 3.05. The van der Waals surface area contributed by atoms with Crippen molar-refractivity contribution in [2.45, 2.75) is 38.3 Å². The van der Waals surface area contributed by atoms with Gasteiger partial charge in [0.15, 0.2) is 0 Å². The summed E-state index contributed by atoms with van der Waals surface area (Å²) in [6.07, 6.45) is 4.13. The summed E-state index contributed by atoms with van der Waals surface area (Å²) in [6, 6.07) is 7.74. The first-order valence-corrected chi connectivity index (χ1v) is 9.32. The number of nitrogens with one attached hydrogen (secondary N) is 1. The van der Waals surface area contributed by atoms with Crippen LogP contribution in [-0.4, -0.2) is 52.1 Å². The zero-order valence-corrected chi connectivity index (χ0v) is 15.2. The number of carbonyl (C=O) groups excluding carboxylic acids is 1. The van der Waals surface area contributed by atoms with Crippen molar-refractivity contribution in [3.63, 3.8) is 0 Å². The highest BCUT2D eigenvalue weighted by atomic mass is 35.5. The van der Waals surface area contributed by atoms with Crippen molar-refractivity contribution < 1.29 is 4.79 Å². The summed E-state index contributed by atoms with van der Waals surface area (Å²) in [5.74, 6) is 0.260. The molecule has 1 fully saturated rings. The van der Waals surface area contributed by atoms with Crippen LogP contribution >= 0.6 is 11.6 Å². The third-order valence-electron chi connectivity index (χ3n) is 5.42. The van der Waals surface area contributed by atoms with E-state index in [0.717, 1.165) is 54.9 Å². The molecule has 2 aromatic rings. The minimum absolute atomic E-state index is 0.0289. The van der Waals surface area contributed by atoms with Gasteiger partial charge >= 0.3 is 0 Å². The molecule has 1 N–H and O–H groups in total. The summed E-state index contributed by atoms with van der Waals surface area (Å²) in [7, 11) is 2.06. The van der Waals surface area contributed by atoms with Gasteiger partial charge in [-0.15, -0.1) is 0 Å². The second-order valence-corrected chi connectivity index (χ2v) is 7.47. The van der Waals surface area contributed by atoms with Gasteiger partial charge in [0, 0.05) is 41.4 Å². The summed E-state index contributed by atoms with van der Waals surface area (Å²) in [5, 5.41) is 8.37. The third kappa shape index (κ3) is 3.18. The first-order chi connectivity index (χ1) is 12.1. The number of likely N-dealkylation sites (tertiary alicyclic amines) is 1. The normalized spacial score (nSPS) is 21.2. The molecule has 25 heavy (non-hydrogen) atoms. The van der Waals surface area contributed by atoms with Crippen LogP contribution in [0.15, 0.2) is 24.3 Å². The Hall–Kier alpha value is -1.85. The lowest BCUT2D eigenvalue weighted by Gasteiger charge is -2.36. The highest BCUT2D eigenvalue weighted by molar-refractivity contribution is 6.30. The van der Waals surface area contributed by atoms with Crippen LogP contribution in [0.5, 0.6) is 0 Å². The van der Waals surface area contributed by atoms with Crippen LogP contribution < -0.4 is 0 Å². The van der Waals surface area contributed by atoms with Gasteiger partial charge < -0.3 is 4.90 Å². The van der Waals surface area contributed by atoms with Crippen molar-refractivity contribution in [1.29, 1.82) is 0 Å². The Balaban J connectivity index is 1.57. The molecule has 0 radical (unpaired) electrons. The number of likely N-dealkylation sites (N-methyl/N-ethyl adjacent to an activating group) is 1. The van der Waals surface area contributed by atoms with E-state index >= 15 is 0 Å². The lowest BCUT2D eigenvalue weighted by molar-refractivity contribution is -0.138. The van der Waals surface area contributed by atoms with Crippen LogP contribution in [0.4, 0.5) is 0 Å². The molecule has 5 nitrogen and oxygen atoms in total. The predicted octanol–water partition coefficient (Wildman–Crippen LogP) is 3.10. The smallest absolute Gasteiger partial charge is 0.240 e. The maximum absolute atomic E-state index is 13.0. The average molecular weight is 359 g/mol. The van der Waals surface area contributed by atoms with E-state index in [1.807, 2.05) is 29.2 Å². The monoisotopic (exact) mass is 358 g/mol. The Morgan fingerprint density at radius 1 is 1.24 bits per heavy atom. The molecule has 0 aliphatic carbocycles. The van der Waals surface area contributed by atoms with Gasteiger partial charge in [-0.2, -0.15) is 5.10 Å². The second-order valence-electron chi connectivity index (χ2n) is 7.04. The van der Waals surface area contributed by atoms with Crippen LogP contribution in [0, 0.1) is 0 Å². The van der Waals surface area contributed by atoms with Gasteiger partial charge in [-0.05, 0) is 38.6 Å². The quantitative estimate of drug-likeness (QED) is 0.897. The van der Waals surface area contributed by atoms with Crippen LogP contribution in [0.25, 0.3) is 11.3 Å². The van der Waals surface area contributed by atoms with Gasteiger partial charge in [0.25, 0.3) is 0 Å². The number of piperidine rings is 1. The summed E-state index contributed by atoms with van der Waals surface area (Å²) < 4.78 is 0. The Labute approximate surface area is 153 Å². The molecule has 1 aromatic carbocycles. The first kappa shape index (κ1) is 16.6. The minimum Gasteiger partial charge on any atom is -0.336 e. The predicted molar refractivity (Wildman–Crippen MR) is 98.4 cm³/mol. The molecular weight excluding hydrogens is 336 g/mol. The highest BCUT2D eigenvalue weighted by Gasteiger charge is 2.32. The molecule has 1 amide bonds. The maximum Gasteiger partial charge on any atom is 0.240 e. The van der Waals surface area contributed by atoms with Gasteiger partial charge in [-0.1, -0.05) is 30.2 Å². The first-order valence-electron chi connectivity index (χ1n) is 8.94. The molecule has 132 valence electrons. The van der Waals surface area contributed by atoms with E-state index in [1.165, 1.54) is 6.42 Å². The molecule has 1 aromatic heterocycles. The molecule has 1 atom stereocenters. The maximum atomic E-state index is 13.0. The van der Waals surface area contributed by atoms with Gasteiger partial charge in [0.2, 0.25) is 5.91 Å². The second kappa shape index (κ2) is 6.81. The number of halogens is 1. The summed E-state index contributed by atoms with van der Waals surface area (Å²) in [6.45, 7) is 2.41. The number of amides is 1. The number of carbonyl (C=O) groups is 1. The lowest BCUT2D eigenvalue weighted by Crippen LogP contribution is -2.50. The number of H-pyrrole nitrogens is 1. The Bertz CT molecular complexity index is 770. The topological polar surface area (TPSA) is 52.2 Å². The van der Waals surface area contributed by atoms with E-state index in [9.17, 15) is 4.79 Å². The molecule has 0 spiro atoms. The van der Waals surface area contributed by atoms with Crippen molar-refractivity contribution in [3.8, 4) is 11.3 Å². The zero-order chi connectivity index (χ0) is 17.4. The lowest BCUT2D eigenvalue weighted by atomic mass is 9.98. The summed E-state index contributed by atoms with van der Waals surface area (Å²) in [4.78, 5) is 17.2. The van der Waals surface area contributed by atoms with Crippen molar-refractivity contribution in [1.82, 2.24) is 20.0 Å². The zero-order valence-electron chi connectivity index (χ0n) is 14.5. The number of hydrogen-bond donors (Lipinski definition) is 1. The molecule has 3 heterocycles. The van der Waals surface area contributed by atoms with E-state index in [4.69, 9.17) is 11.6 Å². The summed E-state index contributed by atoms with van der Waals surface area (Å²) >= 11 is 6.00. The number of rotatable bonds is 2. The fraction of sp³-hybridized carbons (Fsp3) is 0.474. The number of fused-ring (bicyclic) bond motifs is 1. The molecule has 0 bridgehead atoms. The molecule has 6 heteroatoms. The number of benzene rings is 1. The Morgan fingerprint density at radius 2 is 2.04 bits per heavy atom. The number of nitrogens with zero attached hydrogens (tertiary/aromatic N) is 3. The highest BCUT2D eigenvalue weighted by Crippen LogP contribution is 2.30. The largest absolute Gasteiger partial charge is 0.336 e. The Morgan fingerprint density at radius 3 is 2.80 bits per heavy atom. The van der Waals surface area contributed by atoms with E-state index in [1.54, 1.807) is 0 Å². The van der Waals surface area contributed by atoms with Gasteiger partial charge in [-0.3, -0.25) is 14.8 Å². The van der Waals surface area contributed by atoms with E-state index < -0.39 is 0 Å². The van der Waals surface area contributed by atoms with Crippen molar-refractivity contribution in [2.24, 2.45) is 0 Å². The molecule has 1 saturated heterocycles. The molecule has 0 saturated carbocycles. The van der Waals surface area contributed by atoms with Crippen LogP contribution in [0.2, 0.25) is 5.02 Å². The van der Waals surface area contributed by atoms with E-state index in [2.05, 4.69) is 22.1 Å². The number of aromatic amines is 1. The Kier molecular flexibility index (Phi) is 4.52. The van der Waals surface area contributed by atoms with Crippen LogP contribution in [0.1, 0.15) is 30.5 Å². The molecule has 1 unspecified atom stereocenters. The minimum atomic E-state index is 0.0289. The van der Waals surface area contributed by atoms with Crippen LogP contribution in [0.3, 0.4) is 0 Å². The SMILES string of the molecule is CN1CCCCC1C(=O)N1CCc2[nH]nc(-c3ccc(Cl)cc3)c2C1.